The normalized spacial score (nSPS) is 23.7. The fourth-order valence-electron chi connectivity index (χ4n) is 3.16. The Bertz CT molecular complexity index is 854. The molecule has 1 aromatic carbocycles. The molecule has 0 aliphatic carbocycles. The van der Waals surface area contributed by atoms with Crippen LogP contribution in [0.1, 0.15) is 24.1 Å². The Morgan fingerprint density at radius 2 is 1.96 bits per heavy atom. The minimum atomic E-state index is -0.429. The summed E-state index contributed by atoms with van der Waals surface area (Å²) in [7, 11) is 3.23. The van der Waals surface area contributed by atoms with Crippen molar-refractivity contribution in [1.82, 2.24) is 4.98 Å². The van der Waals surface area contributed by atoms with Crippen LogP contribution < -0.4 is 9.47 Å². The molecule has 0 spiro atoms. The highest BCUT2D eigenvalue weighted by molar-refractivity contribution is 6.05. The van der Waals surface area contributed by atoms with Gasteiger partial charge >= 0.3 is 0 Å². The van der Waals surface area contributed by atoms with Crippen molar-refractivity contribution >= 4 is 22.3 Å². The van der Waals surface area contributed by atoms with Gasteiger partial charge in [-0.05, 0) is 42.5 Å². The number of nitrogens with zero attached hydrogens (tertiary/aromatic N) is 1. The summed E-state index contributed by atoms with van der Waals surface area (Å²) in [4.78, 5) is 4.49. The summed E-state index contributed by atoms with van der Waals surface area (Å²) in [6, 6.07) is 3.90. The standard InChI is InChI=1S/C18H17NO4/c1-21-14-9-10-7-8-19-17-13-6-4-11(20)3-5-12(23-13)16(15(10)17)18(14)22-2/h5-9,11,20H,3-4H2,1-2H3/b12-5-,13-6-/t11-/m0/s1. The molecule has 2 aliphatic heterocycles. The number of ether oxygens (including phenoxy) is 3. The van der Waals surface area contributed by atoms with Crippen LogP contribution in [0.4, 0.5) is 0 Å². The Morgan fingerprint density at radius 1 is 1.17 bits per heavy atom. The molecule has 2 bridgehead atoms. The molecular formula is C18H17NO4. The number of aromatic nitrogens is 1. The molecule has 0 radical (unpaired) electrons. The minimum absolute atomic E-state index is 0.429. The van der Waals surface area contributed by atoms with Crippen LogP contribution in [-0.2, 0) is 4.74 Å². The molecule has 4 rings (SSSR count). The lowest BCUT2D eigenvalue weighted by Crippen LogP contribution is -2.12. The van der Waals surface area contributed by atoms with E-state index in [0.717, 1.165) is 22.0 Å². The van der Waals surface area contributed by atoms with Crippen LogP contribution in [-0.4, -0.2) is 30.4 Å². The molecule has 2 aliphatic rings. The second-order valence-corrected chi connectivity index (χ2v) is 5.61. The van der Waals surface area contributed by atoms with Crippen LogP contribution in [0, 0.1) is 0 Å². The molecule has 0 fully saturated rings. The van der Waals surface area contributed by atoms with Gasteiger partial charge in [0, 0.05) is 11.6 Å². The first-order valence-electron chi connectivity index (χ1n) is 7.53. The molecule has 1 N–H and O–H groups in total. The van der Waals surface area contributed by atoms with Crippen molar-refractivity contribution in [1.29, 1.82) is 0 Å². The molecule has 1 atom stereocenters. The summed E-state index contributed by atoms with van der Waals surface area (Å²) in [6.45, 7) is 0. The van der Waals surface area contributed by atoms with Crippen molar-refractivity contribution in [3.8, 4) is 11.5 Å². The number of pyridine rings is 1. The molecule has 1 aromatic heterocycles. The van der Waals surface area contributed by atoms with Gasteiger partial charge in [-0.1, -0.05) is 0 Å². The smallest absolute Gasteiger partial charge is 0.172 e. The molecule has 23 heavy (non-hydrogen) atoms. The van der Waals surface area contributed by atoms with Crippen molar-refractivity contribution in [3.05, 3.63) is 41.7 Å². The predicted molar refractivity (Wildman–Crippen MR) is 87.1 cm³/mol. The number of fused-ring (bicyclic) bond motifs is 4. The van der Waals surface area contributed by atoms with Gasteiger partial charge < -0.3 is 19.3 Å². The van der Waals surface area contributed by atoms with E-state index in [4.69, 9.17) is 14.2 Å². The molecule has 118 valence electrons. The number of hydrogen-bond donors (Lipinski definition) is 1. The third-order valence-corrected chi connectivity index (χ3v) is 4.25. The highest BCUT2D eigenvalue weighted by Crippen LogP contribution is 2.48. The summed E-state index contributed by atoms with van der Waals surface area (Å²) in [6.07, 6.45) is 6.20. The lowest BCUT2D eigenvalue weighted by molar-refractivity contribution is 0.179. The Kier molecular flexibility index (Phi) is 3.23. The van der Waals surface area contributed by atoms with Gasteiger partial charge in [-0.2, -0.15) is 0 Å². The molecule has 5 heteroatoms. The van der Waals surface area contributed by atoms with Crippen molar-refractivity contribution in [2.24, 2.45) is 0 Å². The molecule has 0 saturated heterocycles. The second kappa shape index (κ2) is 5.28. The maximum Gasteiger partial charge on any atom is 0.172 e. The summed E-state index contributed by atoms with van der Waals surface area (Å²) in [5, 5.41) is 12.0. The number of methoxy groups -OCH3 is 2. The second-order valence-electron chi connectivity index (χ2n) is 5.61. The van der Waals surface area contributed by atoms with Crippen LogP contribution in [0.25, 0.3) is 22.3 Å². The van der Waals surface area contributed by atoms with E-state index in [9.17, 15) is 5.11 Å². The highest BCUT2D eigenvalue weighted by atomic mass is 16.5. The van der Waals surface area contributed by atoms with Crippen molar-refractivity contribution < 1.29 is 19.3 Å². The largest absolute Gasteiger partial charge is 0.493 e. The van der Waals surface area contributed by atoms with Gasteiger partial charge in [-0.15, -0.1) is 0 Å². The monoisotopic (exact) mass is 311 g/mol. The molecule has 3 heterocycles. The van der Waals surface area contributed by atoms with Crippen LogP contribution in [0.15, 0.2) is 30.5 Å². The summed E-state index contributed by atoms with van der Waals surface area (Å²) < 4.78 is 17.1. The third-order valence-electron chi connectivity index (χ3n) is 4.25. The molecule has 5 nitrogen and oxygen atoms in total. The van der Waals surface area contributed by atoms with Crippen molar-refractivity contribution in [3.63, 3.8) is 0 Å². The van der Waals surface area contributed by atoms with E-state index < -0.39 is 6.10 Å². The first-order chi connectivity index (χ1) is 11.2. The van der Waals surface area contributed by atoms with Gasteiger partial charge in [0.15, 0.2) is 11.5 Å². The van der Waals surface area contributed by atoms with E-state index in [0.29, 0.717) is 35.9 Å². The van der Waals surface area contributed by atoms with Crippen LogP contribution >= 0.6 is 0 Å². The third kappa shape index (κ3) is 2.08. The van der Waals surface area contributed by atoms with Gasteiger partial charge in [-0.3, -0.25) is 4.98 Å². The Labute approximate surface area is 133 Å². The van der Waals surface area contributed by atoms with Gasteiger partial charge in [0.2, 0.25) is 0 Å². The van der Waals surface area contributed by atoms with E-state index in [1.807, 2.05) is 24.3 Å². The van der Waals surface area contributed by atoms with E-state index in [-0.39, 0.29) is 0 Å². The predicted octanol–water partition coefficient (Wildman–Crippen LogP) is 3.12. The average molecular weight is 311 g/mol. The molecule has 0 saturated carbocycles. The number of rotatable bonds is 2. The summed E-state index contributed by atoms with van der Waals surface area (Å²) in [5.74, 6) is 2.62. The number of aliphatic hydroxyl groups is 1. The number of aliphatic hydroxyl groups excluding tert-OH is 1. The molecule has 2 aromatic rings. The summed E-state index contributed by atoms with van der Waals surface area (Å²) in [5.41, 5.74) is 1.60. The lowest BCUT2D eigenvalue weighted by Gasteiger charge is -2.27. The number of hydrogen-bond acceptors (Lipinski definition) is 5. The quantitative estimate of drug-likeness (QED) is 0.923. The Morgan fingerprint density at radius 3 is 2.70 bits per heavy atom. The minimum Gasteiger partial charge on any atom is -0.493 e. The molecule has 0 unspecified atom stereocenters. The zero-order valence-electron chi connectivity index (χ0n) is 13.0. The topological polar surface area (TPSA) is 60.8 Å². The van der Waals surface area contributed by atoms with E-state index in [1.165, 1.54) is 0 Å². The first kappa shape index (κ1) is 14.1. The zero-order valence-corrected chi connectivity index (χ0v) is 13.0. The molecular weight excluding hydrogens is 294 g/mol. The Balaban J connectivity index is 2.14. The van der Waals surface area contributed by atoms with Crippen molar-refractivity contribution in [2.75, 3.05) is 14.2 Å². The van der Waals surface area contributed by atoms with Gasteiger partial charge in [0.05, 0.1) is 25.9 Å². The van der Waals surface area contributed by atoms with Gasteiger partial charge in [-0.25, -0.2) is 0 Å². The van der Waals surface area contributed by atoms with Crippen molar-refractivity contribution in [2.45, 2.75) is 18.9 Å². The fourth-order valence-corrected chi connectivity index (χ4v) is 3.16. The van der Waals surface area contributed by atoms with E-state index >= 15 is 0 Å². The maximum atomic E-state index is 10.0. The maximum absolute atomic E-state index is 10.0. The van der Waals surface area contributed by atoms with E-state index in [2.05, 4.69) is 4.98 Å². The number of benzene rings is 1. The SMILES string of the molecule is COc1cc2ccnc3c2c(c1OC)/C1=C/C[C@H](O)C/C=C/3O1. The van der Waals surface area contributed by atoms with E-state index in [1.54, 1.807) is 20.4 Å². The Hall–Kier alpha value is -2.53. The van der Waals surface area contributed by atoms with Crippen LogP contribution in [0.5, 0.6) is 11.5 Å². The van der Waals surface area contributed by atoms with Gasteiger partial charge in [0.25, 0.3) is 0 Å². The van der Waals surface area contributed by atoms with Gasteiger partial charge in [0.1, 0.15) is 17.2 Å². The highest BCUT2D eigenvalue weighted by Gasteiger charge is 2.29. The zero-order chi connectivity index (χ0) is 16.0. The van der Waals surface area contributed by atoms with Crippen LogP contribution in [0.2, 0.25) is 0 Å². The van der Waals surface area contributed by atoms with Crippen LogP contribution in [0.3, 0.4) is 0 Å². The fraction of sp³-hybridized carbons (Fsp3) is 0.278. The summed E-state index contributed by atoms with van der Waals surface area (Å²) >= 11 is 0. The average Bonchev–Trinajstić information content (AvgIpc) is 2.57. The lowest BCUT2D eigenvalue weighted by atomic mass is 9.94. The molecule has 0 amide bonds. The first-order valence-corrected chi connectivity index (χ1v) is 7.53.